The number of aliphatic hydroxyl groups is 1. The molecular weight excluding hydrogens is 166 g/mol. The van der Waals surface area contributed by atoms with Gasteiger partial charge in [-0.05, 0) is 32.2 Å². The second-order valence-electron chi connectivity index (χ2n) is 3.92. The van der Waals surface area contributed by atoms with Crippen molar-refractivity contribution in [1.82, 2.24) is 4.90 Å². The van der Waals surface area contributed by atoms with Crippen LogP contribution in [-0.2, 0) is 4.79 Å². The molecule has 0 spiro atoms. The van der Waals surface area contributed by atoms with Crippen molar-refractivity contribution >= 4 is 5.78 Å². The lowest BCUT2D eigenvalue weighted by Crippen LogP contribution is -2.23. The second-order valence-corrected chi connectivity index (χ2v) is 3.92. The average molecular weight is 185 g/mol. The molecule has 1 aliphatic heterocycles. The number of carbonyl (C=O) groups excluding carboxylic acids is 1. The summed E-state index contributed by atoms with van der Waals surface area (Å²) in [5.41, 5.74) is 0. The molecule has 3 heteroatoms. The van der Waals surface area contributed by atoms with Crippen molar-refractivity contribution in [1.29, 1.82) is 0 Å². The molecule has 76 valence electrons. The first-order valence-electron chi connectivity index (χ1n) is 5.05. The van der Waals surface area contributed by atoms with Gasteiger partial charge in [-0.3, -0.25) is 4.79 Å². The van der Waals surface area contributed by atoms with Crippen molar-refractivity contribution in [2.75, 3.05) is 26.2 Å². The maximum atomic E-state index is 10.7. The summed E-state index contributed by atoms with van der Waals surface area (Å²) in [5.74, 6) is 0.919. The molecular formula is C10H19NO2. The van der Waals surface area contributed by atoms with E-state index in [-0.39, 0.29) is 5.78 Å². The predicted octanol–water partition coefficient (Wildman–Crippen LogP) is 0.670. The van der Waals surface area contributed by atoms with Crippen molar-refractivity contribution in [2.45, 2.75) is 26.2 Å². The van der Waals surface area contributed by atoms with Gasteiger partial charge in [0.1, 0.15) is 5.78 Å². The van der Waals surface area contributed by atoms with Crippen LogP contribution in [0.25, 0.3) is 0 Å². The van der Waals surface area contributed by atoms with Gasteiger partial charge in [0.05, 0.1) is 0 Å². The minimum Gasteiger partial charge on any atom is -0.396 e. The topological polar surface area (TPSA) is 40.5 Å². The van der Waals surface area contributed by atoms with E-state index in [1.165, 1.54) is 6.42 Å². The standard InChI is InChI=1S/C10H19NO2/c1-9(13)2-5-11-6-3-10(8-11)4-7-12/h10,12H,2-8H2,1H3. The largest absolute Gasteiger partial charge is 0.396 e. The van der Waals surface area contributed by atoms with Crippen LogP contribution in [0.15, 0.2) is 0 Å². The molecule has 13 heavy (non-hydrogen) atoms. The third-order valence-corrected chi connectivity index (χ3v) is 2.69. The molecule has 0 radical (unpaired) electrons. The van der Waals surface area contributed by atoms with Crippen LogP contribution in [0.2, 0.25) is 0 Å². The van der Waals surface area contributed by atoms with E-state index in [1.807, 2.05) is 0 Å². The quantitative estimate of drug-likeness (QED) is 0.684. The Morgan fingerprint density at radius 2 is 2.38 bits per heavy atom. The van der Waals surface area contributed by atoms with Crippen molar-refractivity contribution in [2.24, 2.45) is 5.92 Å². The highest BCUT2D eigenvalue weighted by atomic mass is 16.3. The normalized spacial score (nSPS) is 23.7. The molecule has 1 fully saturated rings. The van der Waals surface area contributed by atoms with Crippen LogP contribution in [0.3, 0.4) is 0 Å². The fourth-order valence-electron chi connectivity index (χ4n) is 1.85. The molecule has 1 N–H and O–H groups in total. The number of rotatable bonds is 5. The summed E-state index contributed by atoms with van der Waals surface area (Å²) in [7, 11) is 0. The molecule has 0 aromatic heterocycles. The molecule has 0 aliphatic carbocycles. The Bertz CT molecular complexity index is 170. The van der Waals surface area contributed by atoms with Crippen LogP contribution in [0.1, 0.15) is 26.2 Å². The highest BCUT2D eigenvalue weighted by Gasteiger charge is 2.21. The average Bonchev–Trinajstić information content (AvgIpc) is 2.50. The molecule has 1 rings (SSSR count). The summed E-state index contributed by atoms with van der Waals surface area (Å²) in [5, 5.41) is 8.76. The van der Waals surface area contributed by atoms with E-state index in [9.17, 15) is 4.79 Å². The SMILES string of the molecule is CC(=O)CCN1CCC(CCO)C1. The maximum absolute atomic E-state index is 10.7. The van der Waals surface area contributed by atoms with Gasteiger partial charge in [-0.2, -0.15) is 0 Å². The van der Waals surface area contributed by atoms with Gasteiger partial charge in [0.25, 0.3) is 0 Å². The number of likely N-dealkylation sites (tertiary alicyclic amines) is 1. The molecule has 3 nitrogen and oxygen atoms in total. The van der Waals surface area contributed by atoms with Crippen molar-refractivity contribution in [3.63, 3.8) is 0 Å². The van der Waals surface area contributed by atoms with Gasteiger partial charge in [0, 0.05) is 26.1 Å². The molecule has 0 aromatic carbocycles. The Morgan fingerprint density at radius 3 is 3.00 bits per heavy atom. The monoisotopic (exact) mass is 185 g/mol. The van der Waals surface area contributed by atoms with Crippen molar-refractivity contribution in [3.05, 3.63) is 0 Å². The van der Waals surface area contributed by atoms with E-state index >= 15 is 0 Å². The van der Waals surface area contributed by atoms with Crippen LogP contribution in [0.4, 0.5) is 0 Å². The Balaban J connectivity index is 2.13. The first kappa shape index (κ1) is 10.7. The number of aliphatic hydroxyl groups excluding tert-OH is 1. The Kier molecular flexibility index (Phi) is 4.39. The van der Waals surface area contributed by atoms with Crippen molar-refractivity contribution in [3.8, 4) is 0 Å². The molecule has 1 aliphatic rings. The zero-order valence-electron chi connectivity index (χ0n) is 8.33. The number of nitrogens with zero attached hydrogens (tertiary/aromatic N) is 1. The smallest absolute Gasteiger partial charge is 0.131 e. The van der Waals surface area contributed by atoms with Gasteiger partial charge in [-0.25, -0.2) is 0 Å². The Hall–Kier alpha value is -0.410. The lowest BCUT2D eigenvalue weighted by Gasteiger charge is -2.14. The molecule has 1 atom stereocenters. The van der Waals surface area contributed by atoms with Crippen LogP contribution < -0.4 is 0 Å². The molecule has 0 amide bonds. The fourth-order valence-corrected chi connectivity index (χ4v) is 1.85. The van der Waals surface area contributed by atoms with Gasteiger partial charge < -0.3 is 10.0 Å². The van der Waals surface area contributed by atoms with E-state index in [0.717, 1.165) is 26.1 Å². The molecule has 0 saturated carbocycles. The maximum Gasteiger partial charge on any atom is 0.131 e. The van der Waals surface area contributed by atoms with Gasteiger partial charge in [0.2, 0.25) is 0 Å². The summed E-state index contributed by atoms with van der Waals surface area (Å²) in [6.45, 7) is 5.00. The van der Waals surface area contributed by atoms with Crippen LogP contribution in [0, 0.1) is 5.92 Å². The third-order valence-electron chi connectivity index (χ3n) is 2.69. The summed E-state index contributed by atoms with van der Waals surface area (Å²) >= 11 is 0. The zero-order valence-corrected chi connectivity index (χ0v) is 8.33. The lowest BCUT2D eigenvalue weighted by atomic mass is 10.1. The Morgan fingerprint density at radius 1 is 1.62 bits per heavy atom. The molecule has 0 aromatic rings. The second kappa shape index (κ2) is 5.35. The summed E-state index contributed by atoms with van der Waals surface area (Å²) in [6, 6.07) is 0. The molecule has 0 bridgehead atoms. The van der Waals surface area contributed by atoms with E-state index < -0.39 is 0 Å². The summed E-state index contributed by atoms with van der Waals surface area (Å²) in [4.78, 5) is 13.1. The molecule has 1 heterocycles. The number of carbonyl (C=O) groups is 1. The third kappa shape index (κ3) is 3.87. The van der Waals surface area contributed by atoms with E-state index in [2.05, 4.69) is 4.90 Å². The highest BCUT2D eigenvalue weighted by Crippen LogP contribution is 2.18. The Labute approximate surface area is 79.7 Å². The first-order chi connectivity index (χ1) is 6.22. The minimum absolute atomic E-state index is 0.269. The van der Waals surface area contributed by atoms with E-state index in [4.69, 9.17) is 5.11 Å². The van der Waals surface area contributed by atoms with Gasteiger partial charge >= 0.3 is 0 Å². The summed E-state index contributed by atoms with van der Waals surface area (Å²) in [6.07, 6.45) is 2.76. The zero-order chi connectivity index (χ0) is 9.68. The number of ketones is 1. The first-order valence-corrected chi connectivity index (χ1v) is 5.05. The van der Waals surface area contributed by atoms with E-state index in [0.29, 0.717) is 18.9 Å². The molecule has 1 saturated heterocycles. The van der Waals surface area contributed by atoms with Gasteiger partial charge in [-0.1, -0.05) is 0 Å². The summed E-state index contributed by atoms with van der Waals surface area (Å²) < 4.78 is 0. The number of hydrogen-bond acceptors (Lipinski definition) is 3. The minimum atomic E-state index is 0.269. The molecule has 1 unspecified atom stereocenters. The number of Topliss-reactive ketones (excluding diaryl/α,β-unsaturated/α-hetero) is 1. The van der Waals surface area contributed by atoms with Crippen molar-refractivity contribution < 1.29 is 9.90 Å². The fraction of sp³-hybridized carbons (Fsp3) is 0.900. The van der Waals surface area contributed by atoms with E-state index in [1.54, 1.807) is 6.92 Å². The van der Waals surface area contributed by atoms with Crippen LogP contribution in [0.5, 0.6) is 0 Å². The predicted molar refractivity (Wildman–Crippen MR) is 51.5 cm³/mol. The number of hydrogen-bond donors (Lipinski definition) is 1. The van der Waals surface area contributed by atoms with Crippen LogP contribution in [-0.4, -0.2) is 42.0 Å². The lowest BCUT2D eigenvalue weighted by molar-refractivity contribution is -0.117. The highest BCUT2D eigenvalue weighted by molar-refractivity contribution is 5.75. The van der Waals surface area contributed by atoms with Gasteiger partial charge in [-0.15, -0.1) is 0 Å². The van der Waals surface area contributed by atoms with Gasteiger partial charge in [0.15, 0.2) is 0 Å². The van der Waals surface area contributed by atoms with Crippen LogP contribution >= 0.6 is 0 Å².